The number of fused-ring (bicyclic) bond motifs is 3. The zero-order chi connectivity index (χ0) is 20.5. The molecule has 0 radical (unpaired) electrons. The second-order valence-electron chi connectivity index (χ2n) is 7.55. The maximum Gasteiger partial charge on any atom is 0.257 e. The molecule has 0 bridgehead atoms. The standard InChI is InChI=1S/C25H22N2O3/c1-29-23-12-21-22(13-24(23)30-16-17-7-3-2-4-8-17)26-14-20-11-18-9-5-6-10-19(18)15-27(20)25(21)28/h2-10,12-14,20H,11,15-16H2,1H3/t20-/m0/s1. The van der Waals surface area contributed by atoms with Gasteiger partial charge in [0.2, 0.25) is 0 Å². The fraction of sp³-hybridized carbons (Fsp3) is 0.200. The van der Waals surface area contributed by atoms with Gasteiger partial charge in [0.1, 0.15) is 6.61 Å². The van der Waals surface area contributed by atoms with E-state index in [4.69, 9.17) is 9.47 Å². The van der Waals surface area contributed by atoms with Gasteiger partial charge in [-0.15, -0.1) is 0 Å². The Morgan fingerprint density at radius 1 is 1.00 bits per heavy atom. The molecule has 30 heavy (non-hydrogen) atoms. The molecular formula is C25H22N2O3. The molecule has 0 aromatic heterocycles. The van der Waals surface area contributed by atoms with Crippen LogP contribution in [0.15, 0.2) is 71.7 Å². The molecule has 150 valence electrons. The molecule has 3 aromatic carbocycles. The Balaban J connectivity index is 1.47. The molecule has 2 aliphatic heterocycles. The summed E-state index contributed by atoms with van der Waals surface area (Å²) in [7, 11) is 1.58. The Morgan fingerprint density at radius 3 is 2.57 bits per heavy atom. The summed E-state index contributed by atoms with van der Waals surface area (Å²) in [6.45, 7) is 0.997. The van der Waals surface area contributed by atoms with Gasteiger partial charge in [-0.25, -0.2) is 0 Å². The van der Waals surface area contributed by atoms with Crippen molar-refractivity contribution in [1.29, 1.82) is 0 Å². The van der Waals surface area contributed by atoms with Crippen LogP contribution in [0.2, 0.25) is 0 Å². The molecular weight excluding hydrogens is 376 g/mol. The van der Waals surface area contributed by atoms with E-state index >= 15 is 0 Å². The quantitative estimate of drug-likeness (QED) is 0.648. The first kappa shape index (κ1) is 18.4. The van der Waals surface area contributed by atoms with Crippen LogP contribution in [-0.2, 0) is 19.6 Å². The lowest BCUT2D eigenvalue weighted by atomic mass is 9.94. The molecule has 0 aliphatic carbocycles. The van der Waals surface area contributed by atoms with Crippen molar-refractivity contribution in [2.24, 2.45) is 4.99 Å². The first-order valence-corrected chi connectivity index (χ1v) is 10.0. The number of benzene rings is 3. The van der Waals surface area contributed by atoms with Crippen LogP contribution >= 0.6 is 0 Å². The van der Waals surface area contributed by atoms with Crippen molar-refractivity contribution in [3.05, 3.63) is 89.0 Å². The number of hydrogen-bond donors (Lipinski definition) is 0. The van der Waals surface area contributed by atoms with E-state index in [1.165, 1.54) is 11.1 Å². The number of aliphatic imine (C=N–C) groups is 1. The average molecular weight is 398 g/mol. The summed E-state index contributed by atoms with van der Waals surface area (Å²) in [4.78, 5) is 19.9. The summed E-state index contributed by atoms with van der Waals surface area (Å²) in [5.41, 5.74) is 4.67. The third-order valence-corrected chi connectivity index (χ3v) is 5.68. The molecule has 0 spiro atoms. The van der Waals surface area contributed by atoms with Crippen LogP contribution in [0.1, 0.15) is 27.0 Å². The molecule has 0 saturated heterocycles. The van der Waals surface area contributed by atoms with Gasteiger partial charge >= 0.3 is 0 Å². The fourth-order valence-corrected chi connectivity index (χ4v) is 4.06. The first-order chi connectivity index (χ1) is 14.7. The Morgan fingerprint density at radius 2 is 1.77 bits per heavy atom. The molecule has 5 rings (SSSR count). The van der Waals surface area contributed by atoms with Gasteiger partial charge in [-0.2, -0.15) is 0 Å². The van der Waals surface area contributed by atoms with Gasteiger partial charge in [-0.3, -0.25) is 9.79 Å². The maximum absolute atomic E-state index is 13.4. The van der Waals surface area contributed by atoms with Crippen molar-refractivity contribution < 1.29 is 14.3 Å². The number of nitrogens with zero attached hydrogens (tertiary/aromatic N) is 2. The predicted molar refractivity (Wildman–Crippen MR) is 116 cm³/mol. The lowest BCUT2D eigenvalue weighted by molar-refractivity contribution is 0.0703. The summed E-state index contributed by atoms with van der Waals surface area (Å²) in [6, 6.07) is 21.7. The predicted octanol–water partition coefficient (Wildman–Crippen LogP) is 4.56. The van der Waals surface area contributed by atoms with Gasteiger partial charge in [0, 0.05) is 18.8 Å². The third-order valence-electron chi connectivity index (χ3n) is 5.68. The summed E-state index contributed by atoms with van der Waals surface area (Å²) in [5, 5.41) is 0. The normalized spacial score (nSPS) is 16.9. The Bertz CT molecular complexity index is 1120. The van der Waals surface area contributed by atoms with Gasteiger partial charge in [0.25, 0.3) is 5.91 Å². The minimum atomic E-state index is -0.0560. The van der Waals surface area contributed by atoms with Gasteiger partial charge in [-0.1, -0.05) is 54.6 Å². The van der Waals surface area contributed by atoms with E-state index < -0.39 is 0 Å². The van der Waals surface area contributed by atoms with E-state index in [1.54, 1.807) is 19.2 Å². The van der Waals surface area contributed by atoms with Crippen LogP contribution in [0.4, 0.5) is 5.69 Å². The van der Waals surface area contributed by atoms with Crippen molar-refractivity contribution in [2.75, 3.05) is 7.11 Å². The maximum atomic E-state index is 13.4. The largest absolute Gasteiger partial charge is 0.493 e. The molecule has 1 atom stereocenters. The second-order valence-corrected chi connectivity index (χ2v) is 7.55. The molecule has 5 heteroatoms. The monoisotopic (exact) mass is 398 g/mol. The van der Waals surface area contributed by atoms with Crippen molar-refractivity contribution in [1.82, 2.24) is 4.90 Å². The van der Waals surface area contributed by atoms with E-state index in [-0.39, 0.29) is 11.9 Å². The van der Waals surface area contributed by atoms with Crippen LogP contribution in [0.25, 0.3) is 0 Å². The number of carbonyl (C=O) groups is 1. The molecule has 3 aromatic rings. The summed E-state index contributed by atoms with van der Waals surface area (Å²) in [5.74, 6) is 1.08. The van der Waals surface area contributed by atoms with E-state index in [1.807, 2.05) is 53.6 Å². The number of hydrogen-bond acceptors (Lipinski definition) is 4. The molecule has 5 nitrogen and oxygen atoms in total. The Kier molecular flexibility index (Phi) is 4.71. The molecule has 0 N–H and O–H groups in total. The van der Waals surface area contributed by atoms with Gasteiger partial charge in [0.05, 0.1) is 24.4 Å². The summed E-state index contributed by atoms with van der Waals surface area (Å²) in [6.07, 6.45) is 2.65. The van der Waals surface area contributed by atoms with Gasteiger partial charge < -0.3 is 14.4 Å². The van der Waals surface area contributed by atoms with Crippen LogP contribution in [-0.4, -0.2) is 30.2 Å². The third kappa shape index (κ3) is 3.32. The molecule has 0 fully saturated rings. The van der Waals surface area contributed by atoms with E-state index in [2.05, 4.69) is 17.1 Å². The van der Waals surface area contributed by atoms with E-state index in [0.717, 1.165) is 12.0 Å². The smallest absolute Gasteiger partial charge is 0.257 e. The van der Waals surface area contributed by atoms with Crippen LogP contribution in [0, 0.1) is 0 Å². The van der Waals surface area contributed by atoms with Crippen LogP contribution < -0.4 is 9.47 Å². The number of carbonyl (C=O) groups excluding carboxylic acids is 1. The van der Waals surface area contributed by atoms with Crippen molar-refractivity contribution in [3.8, 4) is 11.5 Å². The van der Waals surface area contributed by atoms with Crippen LogP contribution in [0.3, 0.4) is 0 Å². The average Bonchev–Trinajstić information content (AvgIpc) is 2.92. The number of amides is 1. The van der Waals surface area contributed by atoms with Gasteiger partial charge in [-0.05, 0) is 29.2 Å². The SMILES string of the molecule is COc1cc2c(cc1OCc1ccccc1)N=C[C@@H]1Cc3ccccc3CN1C2=O. The van der Waals surface area contributed by atoms with Crippen molar-refractivity contribution in [2.45, 2.75) is 25.6 Å². The van der Waals surface area contributed by atoms with Crippen molar-refractivity contribution >= 4 is 17.8 Å². The molecule has 1 amide bonds. The number of rotatable bonds is 4. The topological polar surface area (TPSA) is 51.1 Å². The minimum absolute atomic E-state index is 0.0325. The van der Waals surface area contributed by atoms with E-state index in [0.29, 0.717) is 35.9 Å². The lowest BCUT2D eigenvalue weighted by Crippen LogP contribution is -2.44. The summed E-state index contributed by atoms with van der Waals surface area (Å²) >= 11 is 0. The van der Waals surface area contributed by atoms with Crippen molar-refractivity contribution in [3.63, 3.8) is 0 Å². The van der Waals surface area contributed by atoms with Crippen LogP contribution in [0.5, 0.6) is 11.5 Å². The lowest BCUT2D eigenvalue weighted by Gasteiger charge is -2.34. The highest BCUT2D eigenvalue weighted by atomic mass is 16.5. The Labute approximate surface area is 175 Å². The second kappa shape index (κ2) is 7.67. The highest BCUT2D eigenvalue weighted by Gasteiger charge is 2.33. The molecule has 0 saturated carbocycles. The first-order valence-electron chi connectivity index (χ1n) is 10.0. The highest BCUT2D eigenvalue weighted by molar-refractivity contribution is 6.03. The van der Waals surface area contributed by atoms with Gasteiger partial charge in [0.15, 0.2) is 11.5 Å². The fourth-order valence-electron chi connectivity index (χ4n) is 4.06. The molecule has 0 unspecified atom stereocenters. The number of ether oxygens (including phenoxy) is 2. The zero-order valence-electron chi connectivity index (χ0n) is 16.7. The molecule has 2 heterocycles. The number of methoxy groups -OCH3 is 1. The highest BCUT2D eigenvalue weighted by Crippen LogP contribution is 2.38. The van der Waals surface area contributed by atoms with E-state index in [9.17, 15) is 4.79 Å². The summed E-state index contributed by atoms with van der Waals surface area (Å²) < 4.78 is 11.5. The zero-order valence-corrected chi connectivity index (χ0v) is 16.7. The Hall–Kier alpha value is -3.60. The molecule has 2 aliphatic rings. The minimum Gasteiger partial charge on any atom is -0.493 e.